The first-order valence-corrected chi connectivity index (χ1v) is 12.2. The Morgan fingerprint density at radius 2 is 1.68 bits per heavy atom. The van der Waals surface area contributed by atoms with Crippen LogP contribution in [0.25, 0.3) is 0 Å². The van der Waals surface area contributed by atoms with Crippen LogP contribution >= 0.6 is 0 Å². The van der Waals surface area contributed by atoms with Crippen molar-refractivity contribution in [3.8, 4) is 11.5 Å². The molecule has 10 heteroatoms. The Balaban J connectivity index is 1.30. The summed E-state index contributed by atoms with van der Waals surface area (Å²) >= 11 is 0. The van der Waals surface area contributed by atoms with Gasteiger partial charge >= 0.3 is 5.97 Å². The number of para-hydroxylation sites is 1. The number of benzene rings is 2. The van der Waals surface area contributed by atoms with Gasteiger partial charge in [0.1, 0.15) is 17.5 Å². The molecule has 1 heterocycles. The highest BCUT2D eigenvalue weighted by Gasteiger charge is 2.67. The zero-order chi connectivity index (χ0) is 26.4. The summed E-state index contributed by atoms with van der Waals surface area (Å²) in [4.78, 5) is 50.7. The number of methoxy groups -OCH3 is 1. The SMILES string of the molecule is COC(=O)[C@@H]1C[C@]2(COCCNC(C)=O)C[C@@H]2N1C(=O)CNC(=O)c1ccc(Oc2ccccc2)cc1. The molecule has 196 valence electrons. The van der Waals surface area contributed by atoms with Crippen molar-refractivity contribution in [3.05, 3.63) is 60.2 Å². The number of nitrogens with one attached hydrogen (secondary N) is 2. The average molecular weight is 510 g/mol. The molecule has 0 radical (unpaired) electrons. The summed E-state index contributed by atoms with van der Waals surface area (Å²) in [5.41, 5.74) is 0.0658. The summed E-state index contributed by atoms with van der Waals surface area (Å²) in [7, 11) is 1.29. The molecule has 1 aliphatic carbocycles. The van der Waals surface area contributed by atoms with E-state index in [0.717, 1.165) is 0 Å². The molecule has 0 spiro atoms. The number of ether oxygens (including phenoxy) is 3. The van der Waals surface area contributed by atoms with Crippen LogP contribution in [0, 0.1) is 5.41 Å². The van der Waals surface area contributed by atoms with Gasteiger partial charge in [0, 0.05) is 30.5 Å². The fourth-order valence-corrected chi connectivity index (χ4v) is 4.76. The van der Waals surface area contributed by atoms with Crippen molar-refractivity contribution in [2.45, 2.75) is 31.8 Å². The number of hydrogen-bond donors (Lipinski definition) is 2. The number of likely N-dealkylation sites (tertiary alicyclic amines) is 1. The molecule has 2 N–H and O–H groups in total. The van der Waals surface area contributed by atoms with Crippen molar-refractivity contribution < 1.29 is 33.4 Å². The first-order chi connectivity index (χ1) is 17.8. The number of fused-ring (bicyclic) bond motifs is 1. The van der Waals surface area contributed by atoms with Gasteiger partial charge in [0.25, 0.3) is 5.91 Å². The Morgan fingerprint density at radius 3 is 2.35 bits per heavy atom. The number of esters is 1. The maximum atomic E-state index is 13.1. The quantitative estimate of drug-likeness (QED) is 0.350. The van der Waals surface area contributed by atoms with Crippen LogP contribution in [0.2, 0.25) is 0 Å². The third-order valence-electron chi connectivity index (χ3n) is 6.68. The van der Waals surface area contributed by atoms with Crippen LogP contribution in [-0.4, -0.2) is 74.1 Å². The molecule has 4 rings (SSSR count). The van der Waals surface area contributed by atoms with Gasteiger partial charge in [-0.3, -0.25) is 14.4 Å². The van der Waals surface area contributed by atoms with E-state index in [1.54, 1.807) is 24.3 Å². The number of carbonyl (C=O) groups excluding carboxylic acids is 4. The Hall–Kier alpha value is -3.92. The second-order valence-corrected chi connectivity index (χ2v) is 9.28. The first kappa shape index (κ1) is 26.2. The minimum atomic E-state index is -0.721. The lowest BCUT2D eigenvalue weighted by Gasteiger charge is -2.25. The molecule has 1 aliphatic heterocycles. The number of nitrogens with zero attached hydrogens (tertiary/aromatic N) is 1. The number of amides is 3. The molecule has 3 amide bonds. The number of rotatable bonds is 11. The second kappa shape index (κ2) is 11.4. The molecule has 1 saturated heterocycles. The fraction of sp³-hybridized carbons (Fsp3) is 0.407. The molecule has 0 aromatic heterocycles. The third kappa shape index (κ3) is 6.26. The molecule has 2 aromatic carbocycles. The molecular weight excluding hydrogens is 478 g/mol. The Labute approximate surface area is 215 Å². The lowest BCUT2D eigenvalue weighted by Crippen LogP contribution is -2.47. The fourth-order valence-electron chi connectivity index (χ4n) is 4.76. The topological polar surface area (TPSA) is 123 Å². The van der Waals surface area contributed by atoms with E-state index in [9.17, 15) is 19.2 Å². The Bertz CT molecular complexity index is 1140. The highest BCUT2D eigenvalue weighted by Crippen LogP contribution is 2.59. The molecular formula is C27H31N3O7. The maximum Gasteiger partial charge on any atom is 0.328 e. The van der Waals surface area contributed by atoms with Gasteiger partial charge in [-0.15, -0.1) is 0 Å². The minimum Gasteiger partial charge on any atom is -0.467 e. The lowest BCUT2D eigenvalue weighted by atomic mass is 10.0. The zero-order valence-electron chi connectivity index (χ0n) is 20.9. The number of carbonyl (C=O) groups is 4. The van der Waals surface area contributed by atoms with Gasteiger partial charge in [0.2, 0.25) is 11.8 Å². The summed E-state index contributed by atoms with van der Waals surface area (Å²) in [6.07, 6.45) is 1.15. The van der Waals surface area contributed by atoms with Crippen molar-refractivity contribution in [2.75, 3.05) is 33.4 Å². The van der Waals surface area contributed by atoms with Crippen LogP contribution in [0.1, 0.15) is 30.1 Å². The van der Waals surface area contributed by atoms with Crippen molar-refractivity contribution >= 4 is 23.7 Å². The van der Waals surface area contributed by atoms with E-state index >= 15 is 0 Å². The van der Waals surface area contributed by atoms with Crippen LogP contribution in [0.3, 0.4) is 0 Å². The third-order valence-corrected chi connectivity index (χ3v) is 6.68. The minimum absolute atomic E-state index is 0.132. The van der Waals surface area contributed by atoms with Crippen LogP contribution in [0.5, 0.6) is 11.5 Å². The largest absolute Gasteiger partial charge is 0.467 e. The predicted molar refractivity (Wildman–Crippen MR) is 133 cm³/mol. The van der Waals surface area contributed by atoms with Gasteiger partial charge in [-0.25, -0.2) is 4.79 Å². The van der Waals surface area contributed by atoms with E-state index in [-0.39, 0.29) is 29.8 Å². The lowest BCUT2D eigenvalue weighted by molar-refractivity contribution is -0.151. The van der Waals surface area contributed by atoms with Crippen LogP contribution < -0.4 is 15.4 Å². The predicted octanol–water partition coefficient (Wildman–Crippen LogP) is 1.89. The summed E-state index contributed by atoms with van der Waals surface area (Å²) in [5.74, 6) is -0.106. The normalized spacial score (nSPS) is 21.5. The van der Waals surface area contributed by atoms with Gasteiger partial charge in [-0.05, 0) is 49.2 Å². The highest BCUT2D eigenvalue weighted by atomic mass is 16.5. The molecule has 2 fully saturated rings. The van der Waals surface area contributed by atoms with Gasteiger partial charge in [0.05, 0.1) is 26.9 Å². The molecule has 1 saturated carbocycles. The van der Waals surface area contributed by atoms with Gasteiger partial charge in [-0.1, -0.05) is 18.2 Å². The number of piperidine rings is 1. The van der Waals surface area contributed by atoms with E-state index in [4.69, 9.17) is 14.2 Å². The smallest absolute Gasteiger partial charge is 0.328 e. The molecule has 2 aliphatic rings. The van der Waals surface area contributed by atoms with Crippen LogP contribution in [-0.2, 0) is 23.9 Å². The van der Waals surface area contributed by atoms with Crippen LogP contribution in [0.15, 0.2) is 54.6 Å². The monoisotopic (exact) mass is 509 g/mol. The zero-order valence-corrected chi connectivity index (χ0v) is 20.9. The Morgan fingerprint density at radius 1 is 0.973 bits per heavy atom. The molecule has 37 heavy (non-hydrogen) atoms. The summed E-state index contributed by atoms with van der Waals surface area (Å²) < 4.78 is 16.4. The van der Waals surface area contributed by atoms with E-state index < -0.39 is 17.9 Å². The second-order valence-electron chi connectivity index (χ2n) is 9.28. The maximum absolute atomic E-state index is 13.1. The van der Waals surface area contributed by atoms with Crippen molar-refractivity contribution in [1.29, 1.82) is 0 Å². The van der Waals surface area contributed by atoms with Crippen molar-refractivity contribution in [1.82, 2.24) is 15.5 Å². The average Bonchev–Trinajstić information content (AvgIpc) is 3.50. The number of hydrogen-bond acceptors (Lipinski definition) is 7. The van der Waals surface area contributed by atoms with Gasteiger partial charge in [-0.2, -0.15) is 0 Å². The molecule has 0 bridgehead atoms. The van der Waals surface area contributed by atoms with E-state index in [1.165, 1.54) is 18.9 Å². The van der Waals surface area contributed by atoms with E-state index in [1.807, 2.05) is 30.3 Å². The highest BCUT2D eigenvalue weighted by molar-refractivity contribution is 5.97. The summed E-state index contributed by atoms with van der Waals surface area (Å²) in [5, 5.41) is 5.31. The van der Waals surface area contributed by atoms with Crippen LogP contribution in [0.4, 0.5) is 0 Å². The molecule has 0 unspecified atom stereocenters. The summed E-state index contributed by atoms with van der Waals surface area (Å²) in [6, 6.07) is 15.0. The Kier molecular flexibility index (Phi) is 8.08. The molecule has 3 atom stereocenters. The molecule has 2 aromatic rings. The first-order valence-electron chi connectivity index (χ1n) is 12.2. The van der Waals surface area contributed by atoms with Gasteiger partial charge < -0.3 is 29.7 Å². The van der Waals surface area contributed by atoms with E-state index in [0.29, 0.717) is 49.7 Å². The van der Waals surface area contributed by atoms with Gasteiger partial charge in [0.15, 0.2) is 0 Å². The standard InChI is InChI=1S/C27H31N3O7/c1-18(31)28-12-13-36-17-27-14-22(26(34)35-2)30(23(27)15-27)24(32)16-29-25(33)19-8-10-21(11-9-19)37-20-6-4-3-5-7-20/h3-11,22-23H,12-17H2,1-2H3,(H,28,31)(H,29,33)/t22-,23-,27+/m0/s1. The summed E-state index contributed by atoms with van der Waals surface area (Å²) in [6.45, 7) is 2.30. The molecule has 10 nitrogen and oxygen atoms in total. The van der Waals surface area contributed by atoms with E-state index in [2.05, 4.69) is 10.6 Å². The van der Waals surface area contributed by atoms with Crippen molar-refractivity contribution in [3.63, 3.8) is 0 Å². The van der Waals surface area contributed by atoms with Crippen molar-refractivity contribution in [2.24, 2.45) is 5.41 Å².